The van der Waals surface area contributed by atoms with Crippen LogP contribution < -0.4 is 10.2 Å². The summed E-state index contributed by atoms with van der Waals surface area (Å²) in [6, 6.07) is 2.38. The van der Waals surface area contributed by atoms with Crippen LogP contribution in [0, 0.1) is 23.2 Å². The Labute approximate surface area is 206 Å². The molecule has 10 heteroatoms. The van der Waals surface area contributed by atoms with E-state index < -0.39 is 16.3 Å². The third-order valence-corrected chi connectivity index (χ3v) is 9.83. The molecule has 0 aromatic carbocycles. The Balaban J connectivity index is 1.29. The minimum absolute atomic E-state index is 0.0213. The summed E-state index contributed by atoms with van der Waals surface area (Å²) in [7, 11) is -1.18. The fourth-order valence-electron chi connectivity index (χ4n) is 6.21. The summed E-state index contributed by atoms with van der Waals surface area (Å²) >= 11 is 5.95. The minimum atomic E-state index is -1.18. The monoisotopic (exact) mass is 498 g/mol. The summed E-state index contributed by atoms with van der Waals surface area (Å²) in [6.07, 6.45) is 8.76. The summed E-state index contributed by atoms with van der Waals surface area (Å²) in [5.41, 5.74) is 1.03. The van der Waals surface area contributed by atoms with Crippen molar-refractivity contribution in [2.24, 2.45) is 11.8 Å². The lowest BCUT2D eigenvalue weighted by Crippen LogP contribution is -2.48. The number of aromatic nitrogens is 3. The molecule has 6 rings (SSSR count). The van der Waals surface area contributed by atoms with Crippen molar-refractivity contribution in [1.82, 2.24) is 15.0 Å². The molecule has 2 aliphatic carbocycles. The summed E-state index contributed by atoms with van der Waals surface area (Å²) in [5, 5.41) is 24.1. The third kappa shape index (κ3) is 3.58. The molecule has 2 aromatic rings. The largest absolute Gasteiger partial charge is 0.394 e. The van der Waals surface area contributed by atoms with Crippen LogP contribution in [0.1, 0.15) is 55.0 Å². The molecular weight excluding hydrogens is 472 g/mol. The van der Waals surface area contributed by atoms with Crippen molar-refractivity contribution in [3.8, 4) is 6.07 Å². The highest BCUT2D eigenvalue weighted by Crippen LogP contribution is 2.48. The quantitative estimate of drug-likeness (QED) is 0.646. The van der Waals surface area contributed by atoms with Crippen molar-refractivity contribution in [3.05, 3.63) is 34.4 Å². The number of halogens is 1. The molecule has 2 saturated carbocycles. The van der Waals surface area contributed by atoms with Gasteiger partial charge in [0.25, 0.3) is 0 Å². The number of rotatable bonds is 5. The standard InChI is InChI=1S/C24H27ClN6O2S/c25-17-9-27-21(28-10-17)14-6-15-11-31(12-16(15)7-14)23-19(8-26)18-2-5-34(33)20(18)22(29-23)30-24(13-32)3-1-4-24/h9-10,14-16,32H,1-7,11-13H2,(H,29,30)/t14?,15?,16?,34-/m0/s1. The van der Waals surface area contributed by atoms with Crippen LogP contribution in [0.5, 0.6) is 0 Å². The van der Waals surface area contributed by atoms with E-state index in [0.717, 1.165) is 56.6 Å². The first-order chi connectivity index (χ1) is 16.5. The number of nitrogens with one attached hydrogen (secondary N) is 1. The van der Waals surface area contributed by atoms with E-state index in [1.54, 1.807) is 12.4 Å². The molecule has 34 heavy (non-hydrogen) atoms. The topological polar surface area (TPSA) is 115 Å². The average Bonchev–Trinajstić information content (AvgIpc) is 3.50. The molecule has 1 saturated heterocycles. The van der Waals surface area contributed by atoms with E-state index in [2.05, 4.69) is 26.3 Å². The van der Waals surface area contributed by atoms with Crippen molar-refractivity contribution in [2.75, 3.05) is 35.7 Å². The van der Waals surface area contributed by atoms with Crippen molar-refractivity contribution >= 4 is 34.0 Å². The van der Waals surface area contributed by atoms with Gasteiger partial charge >= 0.3 is 0 Å². The molecule has 0 amide bonds. The van der Waals surface area contributed by atoms with Gasteiger partial charge < -0.3 is 15.3 Å². The van der Waals surface area contributed by atoms with Gasteiger partial charge in [-0.05, 0) is 55.9 Å². The van der Waals surface area contributed by atoms with E-state index >= 15 is 0 Å². The van der Waals surface area contributed by atoms with E-state index in [9.17, 15) is 14.6 Å². The van der Waals surface area contributed by atoms with Gasteiger partial charge in [-0.15, -0.1) is 0 Å². The molecular formula is C24H27ClN6O2S. The van der Waals surface area contributed by atoms with Gasteiger partial charge in [0.05, 0.1) is 38.4 Å². The lowest BCUT2D eigenvalue weighted by atomic mass is 9.77. The van der Waals surface area contributed by atoms with Crippen LogP contribution in [0.25, 0.3) is 0 Å². The molecule has 3 fully saturated rings. The zero-order chi connectivity index (χ0) is 23.4. The predicted octanol–water partition coefficient (Wildman–Crippen LogP) is 3.02. The second-order valence-corrected chi connectivity index (χ2v) is 12.1. The fourth-order valence-corrected chi connectivity index (χ4v) is 7.69. The van der Waals surface area contributed by atoms with Crippen LogP contribution in [0.4, 0.5) is 11.6 Å². The minimum Gasteiger partial charge on any atom is -0.394 e. The van der Waals surface area contributed by atoms with Crippen LogP contribution in [-0.4, -0.2) is 55.3 Å². The van der Waals surface area contributed by atoms with Gasteiger partial charge in [-0.3, -0.25) is 4.21 Å². The van der Waals surface area contributed by atoms with E-state index in [-0.39, 0.29) is 6.61 Å². The van der Waals surface area contributed by atoms with Gasteiger partial charge in [0.1, 0.15) is 23.5 Å². The third-order valence-electron chi connectivity index (χ3n) is 8.16. The van der Waals surface area contributed by atoms with Crippen LogP contribution >= 0.6 is 11.6 Å². The molecule has 2 unspecified atom stereocenters. The number of aliphatic hydroxyl groups is 1. The zero-order valence-corrected chi connectivity index (χ0v) is 20.4. The van der Waals surface area contributed by atoms with Crippen molar-refractivity contribution in [1.29, 1.82) is 5.26 Å². The molecule has 2 N–H and O–H groups in total. The summed E-state index contributed by atoms with van der Waals surface area (Å²) in [5.74, 6) is 3.99. The number of pyridine rings is 1. The van der Waals surface area contributed by atoms with Crippen molar-refractivity contribution in [3.63, 3.8) is 0 Å². The highest BCUT2D eigenvalue weighted by atomic mass is 35.5. The number of nitrogens with zero attached hydrogens (tertiary/aromatic N) is 5. The molecule has 2 aliphatic heterocycles. The van der Waals surface area contributed by atoms with Crippen molar-refractivity contribution < 1.29 is 9.32 Å². The number of aliphatic hydroxyl groups excluding tert-OH is 1. The Morgan fingerprint density at radius 3 is 2.56 bits per heavy atom. The number of anilines is 2. The first-order valence-electron chi connectivity index (χ1n) is 12.0. The van der Waals surface area contributed by atoms with Gasteiger partial charge in [0, 0.05) is 37.2 Å². The number of hydrogen-bond acceptors (Lipinski definition) is 8. The normalized spacial score (nSPS) is 28.8. The number of nitriles is 1. The van der Waals surface area contributed by atoms with Gasteiger partial charge in [0.2, 0.25) is 0 Å². The van der Waals surface area contributed by atoms with Crippen molar-refractivity contribution in [2.45, 2.75) is 54.9 Å². The van der Waals surface area contributed by atoms with Crippen LogP contribution in [0.15, 0.2) is 17.3 Å². The Bertz CT molecular complexity index is 1180. The van der Waals surface area contributed by atoms with Crippen LogP contribution in [0.3, 0.4) is 0 Å². The first-order valence-corrected chi connectivity index (χ1v) is 13.7. The Morgan fingerprint density at radius 2 is 1.97 bits per heavy atom. The molecule has 8 nitrogen and oxygen atoms in total. The zero-order valence-electron chi connectivity index (χ0n) is 18.8. The fraction of sp³-hybridized carbons (Fsp3) is 0.583. The van der Waals surface area contributed by atoms with Gasteiger partial charge in [-0.2, -0.15) is 5.26 Å². The summed E-state index contributed by atoms with van der Waals surface area (Å²) in [6.45, 7) is 1.69. The first kappa shape index (κ1) is 22.2. The maximum absolute atomic E-state index is 12.8. The van der Waals surface area contributed by atoms with Crippen LogP contribution in [0.2, 0.25) is 5.02 Å². The van der Waals surface area contributed by atoms with E-state index in [1.807, 2.05) is 0 Å². The Hall–Kier alpha value is -2.28. The smallest absolute Gasteiger partial charge is 0.149 e. The molecule has 0 spiro atoms. The lowest BCUT2D eigenvalue weighted by molar-refractivity contribution is 0.143. The number of hydrogen-bond donors (Lipinski definition) is 2. The van der Waals surface area contributed by atoms with Gasteiger partial charge in [-0.25, -0.2) is 15.0 Å². The second-order valence-electron chi connectivity index (χ2n) is 10.1. The molecule has 178 valence electrons. The Kier molecular flexibility index (Phi) is 5.51. The highest BCUT2D eigenvalue weighted by Gasteiger charge is 2.44. The highest BCUT2D eigenvalue weighted by molar-refractivity contribution is 7.85. The summed E-state index contributed by atoms with van der Waals surface area (Å²) in [4.78, 5) is 16.7. The lowest BCUT2D eigenvalue weighted by Gasteiger charge is -2.42. The molecule has 2 aromatic heterocycles. The van der Waals surface area contributed by atoms with Crippen LogP contribution in [-0.2, 0) is 17.2 Å². The SMILES string of the molecule is N#Cc1c(N2CC3CC(c4ncc(Cl)cn4)CC3C2)nc(NC2(CO)CCC2)c2c1CC[S@@]2=O. The Morgan fingerprint density at radius 1 is 1.26 bits per heavy atom. The molecule has 0 radical (unpaired) electrons. The number of fused-ring (bicyclic) bond motifs is 2. The molecule has 0 bridgehead atoms. The second kappa shape index (κ2) is 8.43. The van der Waals surface area contributed by atoms with E-state index in [4.69, 9.17) is 16.6 Å². The molecule has 4 aliphatic rings. The maximum Gasteiger partial charge on any atom is 0.149 e. The predicted molar refractivity (Wildman–Crippen MR) is 129 cm³/mol. The molecule has 3 atom stereocenters. The van der Waals surface area contributed by atoms with E-state index in [0.29, 0.717) is 57.0 Å². The molecule has 4 heterocycles. The van der Waals surface area contributed by atoms with Gasteiger partial charge in [-0.1, -0.05) is 11.6 Å². The summed E-state index contributed by atoms with van der Waals surface area (Å²) < 4.78 is 12.8. The average molecular weight is 499 g/mol. The van der Waals surface area contributed by atoms with E-state index in [1.165, 1.54) is 0 Å². The maximum atomic E-state index is 12.8. The van der Waals surface area contributed by atoms with Gasteiger partial charge in [0.15, 0.2) is 0 Å².